The van der Waals surface area contributed by atoms with E-state index in [1.54, 1.807) is 6.07 Å². The van der Waals surface area contributed by atoms with Gasteiger partial charge in [0.05, 0.1) is 6.04 Å². The summed E-state index contributed by atoms with van der Waals surface area (Å²) < 4.78 is 26.4. The molecule has 1 unspecified atom stereocenters. The lowest BCUT2D eigenvalue weighted by Gasteiger charge is -2.15. The zero-order valence-corrected chi connectivity index (χ0v) is 11.6. The molecule has 1 aliphatic rings. The van der Waals surface area contributed by atoms with Crippen molar-refractivity contribution >= 4 is 5.69 Å². The summed E-state index contributed by atoms with van der Waals surface area (Å²) in [5.41, 5.74) is 4.45. The van der Waals surface area contributed by atoms with Gasteiger partial charge in [0.2, 0.25) is 0 Å². The maximum Gasteiger partial charge on any atom is 0.159 e. The fourth-order valence-electron chi connectivity index (χ4n) is 2.82. The number of para-hydroxylation sites is 1. The Balaban J connectivity index is 1.94. The van der Waals surface area contributed by atoms with Crippen LogP contribution in [0.4, 0.5) is 14.5 Å². The second kappa shape index (κ2) is 4.89. The lowest BCUT2D eigenvalue weighted by atomic mass is 9.97. The molecule has 0 aliphatic carbocycles. The van der Waals surface area contributed by atoms with Gasteiger partial charge in [-0.3, -0.25) is 0 Å². The molecule has 2 aromatic rings. The van der Waals surface area contributed by atoms with E-state index < -0.39 is 11.6 Å². The van der Waals surface area contributed by atoms with Crippen LogP contribution in [0.2, 0.25) is 0 Å². The van der Waals surface area contributed by atoms with Gasteiger partial charge in [-0.2, -0.15) is 0 Å². The maximum atomic E-state index is 13.4. The first kappa shape index (κ1) is 13.1. The quantitative estimate of drug-likeness (QED) is 0.829. The summed E-state index contributed by atoms with van der Waals surface area (Å²) in [4.78, 5) is 0. The third-order valence-corrected chi connectivity index (χ3v) is 3.89. The minimum Gasteiger partial charge on any atom is -0.377 e. The van der Waals surface area contributed by atoms with Crippen molar-refractivity contribution < 1.29 is 8.78 Å². The standard InChI is InChI=1S/C17H17F2N/c1-10(2)13-5-3-4-12-9-16(20-17(12)13)11-6-7-14(18)15(19)8-11/h3-8,10,16,20H,9H2,1-2H3. The van der Waals surface area contributed by atoms with Crippen molar-refractivity contribution in [3.05, 3.63) is 64.7 Å². The molecule has 1 aliphatic heterocycles. The zero-order valence-electron chi connectivity index (χ0n) is 11.6. The van der Waals surface area contributed by atoms with E-state index in [2.05, 4.69) is 37.4 Å². The van der Waals surface area contributed by atoms with Gasteiger partial charge in [0.25, 0.3) is 0 Å². The van der Waals surface area contributed by atoms with E-state index in [0.29, 0.717) is 5.92 Å². The Morgan fingerprint density at radius 1 is 1.10 bits per heavy atom. The Hall–Kier alpha value is -1.90. The van der Waals surface area contributed by atoms with Gasteiger partial charge in [0, 0.05) is 5.69 Å². The number of benzene rings is 2. The first-order valence-corrected chi connectivity index (χ1v) is 6.89. The van der Waals surface area contributed by atoms with Crippen LogP contribution in [0.15, 0.2) is 36.4 Å². The summed E-state index contributed by atoms with van der Waals surface area (Å²) in [6.45, 7) is 4.31. The van der Waals surface area contributed by atoms with Crippen molar-refractivity contribution in [2.24, 2.45) is 0 Å². The molecule has 0 saturated carbocycles. The van der Waals surface area contributed by atoms with Crippen LogP contribution in [0.3, 0.4) is 0 Å². The molecule has 0 fully saturated rings. The Bertz CT molecular complexity index is 649. The van der Waals surface area contributed by atoms with Crippen LogP contribution in [-0.2, 0) is 6.42 Å². The first-order valence-electron chi connectivity index (χ1n) is 6.89. The van der Waals surface area contributed by atoms with E-state index in [-0.39, 0.29) is 6.04 Å². The minimum atomic E-state index is -0.799. The van der Waals surface area contributed by atoms with E-state index in [1.165, 1.54) is 23.3 Å². The van der Waals surface area contributed by atoms with Crippen molar-refractivity contribution in [2.45, 2.75) is 32.2 Å². The topological polar surface area (TPSA) is 12.0 Å². The average molecular weight is 273 g/mol. The summed E-state index contributed by atoms with van der Waals surface area (Å²) in [7, 11) is 0. The van der Waals surface area contributed by atoms with E-state index in [0.717, 1.165) is 17.7 Å². The highest BCUT2D eigenvalue weighted by Crippen LogP contribution is 2.39. The molecule has 0 amide bonds. The highest BCUT2D eigenvalue weighted by molar-refractivity contribution is 5.64. The molecule has 1 N–H and O–H groups in total. The van der Waals surface area contributed by atoms with Gasteiger partial charge in [0.15, 0.2) is 11.6 Å². The average Bonchev–Trinajstić information content (AvgIpc) is 2.85. The SMILES string of the molecule is CC(C)c1cccc2c1NC(c1ccc(F)c(F)c1)C2. The second-order valence-corrected chi connectivity index (χ2v) is 5.61. The second-order valence-electron chi connectivity index (χ2n) is 5.61. The molecule has 1 nitrogen and oxygen atoms in total. The smallest absolute Gasteiger partial charge is 0.159 e. The Morgan fingerprint density at radius 3 is 2.60 bits per heavy atom. The molecule has 0 aromatic heterocycles. The maximum absolute atomic E-state index is 13.4. The summed E-state index contributed by atoms with van der Waals surface area (Å²) in [6.07, 6.45) is 0.807. The molecule has 3 heteroatoms. The molecule has 1 atom stereocenters. The van der Waals surface area contributed by atoms with Crippen LogP contribution in [0.1, 0.15) is 42.5 Å². The number of anilines is 1. The van der Waals surface area contributed by atoms with E-state index >= 15 is 0 Å². The fraction of sp³-hybridized carbons (Fsp3) is 0.294. The number of hydrogen-bond donors (Lipinski definition) is 1. The van der Waals surface area contributed by atoms with Crippen molar-refractivity contribution in [3.63, 3.8) is 0 Å². The van der Waals surface area contributed by atoms with Crippen molar-refractivity contribution in [3.8, 4) is 0 Å². The van der Waals surface area contributed by atoms with Gasteiger partial charge in [0.1, 0.15) is 0 Å². The molecular formula is C17H17F2N. The Labute approximate surface area is 117 Å². The molecule has 0 spiro atoms. The largest absolute Gasteiger partial charge is 0.377 e. The van der Waals surface area contributed by atoms with Crippen LogP contribution < -0.4 is 5.32 Å². The molecule has 0 bridgehead atoms. The molecular weight excluding hydrogens is 256 g/mol. The van der Waals surface area contributed by atoms with E-state index in [1.807, 2.05) is 0 Å². The summed E-state index contributed by atoms with van der Waals surface area (Å²) >= 11 is 0. The predicted octanol–water partition coefficient (Wildman–Crippen LogP) is 4.80. The lowest BCUT2D eigenvalue weighted by Crippen LogP contribution is -2.07. The summed E-state index contributed by atoms with van der Waals surface area (Å²) in [5, 5.41) is 3.46. The monoisotopic (exact) mass is 273 g/mol. The molecule has 3 rings (SSSR count). The van der Waals surface area contributed by atoms with Crippen LogP contribution in [0.25, 0.3) is 0 Å². The Kier molecular flexibility index (Phi) is 3.20. The van der Waals surface area contributed by atoms with Crippen LogP contribution in [-0.4, -0.2) is 0 Å². The normalized spacial score (nSPS) is 17.1. The number of rotatable bonds is 2. The minimum absolute atomic E-state index is 0.0139. The van der Waals surface area contributed by atoms with Gasteiger partial charge in [-0.1, -0.05) is 38.1 Å². The molecule has 0 radical (unpaired) electrons. The van der Waals surface area contributed by atoms with Gasteiger partial charge in [-0.05, 0) is 41.2 Å². The predicted molar refractivity (Wildman–Crippen MR) is 77.0 cm³/mol. The van der Waals surface area contributed by atoms with Crippen LogP contribution in [0.5, 0.6) is 0 Å². The summed E-state index contributed by atoms with van der Waals surface area (Å²) in [5.74, 6) is -1.15. The number of nitrogens with one attached hydrogen (secondary N) is 1. The third-order valence-electron chi connectivity index (χ3n) is 3.89. The number of halogens is 2. The van der Waals surface area contributed by atoms with E-state index in [4.69, 9.17) is 0 Å². The lowest BCUT2D eigenvalue weighted by molar-refractivity contribution is 0.506. The van der Waals surface area contributed by atoms with Crippen molar-refractivity contribution in [2.75, 3.05) is 5.32 Å². The molecule has 2 aromatic carbocycles. The highest BCUT2D eigenvalue weighted by Gasteiger charge is 2.25. The number of fused-ring (bicyclic) bond motifs is 1. The fourth-order valence-corrected chi connectivity index (χ4v) is 2.82. The molecule has 1 heterocycles. The molecule has 20 heavy (non-hydrogen) atoms. The molecule has 104 valence electrons. The van der Waals surface area contributed by atoms with Crippen LogP contribution >= 0.6 is 0 Å². The zero-order chi connectivity index (χ0) is 14.3. The number of hydrogen-bond acceptors (Lipinski definition) is 1. The van der Waals surface area contributed by atoms with E-state index in [9.17, 15) is 8.78 Å². The van der Waals surface area contributed by atoms with Crippen LogP contribution in [0, 0.1) is 11.6 Å². The van der Waals surface area contributed by atoms with Gasteiger partial charge in [-0.15, -0.1) is 0 Å². The van der Waals surface area contributed by atoms with Gasteiger partial charge >= 0.3 is 0 Å². The van der Waals surface area contributed by atoms with Crippen molar-refractivity contribution in [1.82, 2.24) is 0 Å². The first-order chi connectivity index (χ1) is 9.56. The van der Waals surface area contributed by atoms with Gasteiger partial charge in [-0.25, -0.2) is 8.78 Å². The van der Waals surface area contributed by atoms with Gasteiger partial charge < -0.3 is 5.32 Å². The van der Waals surface area contributed by atoms with Crippen molar-refractivity contribution in [1.29, 1.82) is 0 Å². The Morgan fingerprint density at radius 2 is 1.90 bits per heavy atom. The third kappa shape index (κ3) is 2.17. The highest BCUT2D eigenvalue weighted by atomic mass is 19.2. The summed E-state index contributed by atoms with van der Waals surface area (Å²) in [6, 6.07) is 10.4. The molecule has 0 saturated heterocycles.